The quantitative estimate of drug-likeness (QED) is 0.751. The molecule has 0 aliphatic carbocycles. The van der Waals surface area contributed by atoms with Gasteiger partial charge in [-0.15, -0.1) is 0 Å². The molecule has 4 heteroatoms. The average molecular weight is 277 g/mol. The van der Waals surface area contributed by atoms with E-state index in [0.29, 0.717) is 0 Å². The summed E-state index contributed by atoms with van der Waals surface area (Å²) < 4.78 is 2.30. The summed E-state index contributed by atoms with van der Waals surface area (Å²) in [6.07, 6.45) is 8.68. The van der Waals surface area contributed by atoms with Crippen molar-refractivity contribution in [3.05, 3.63) is 30.1 Å². The van der Waals surface area contributed by atoms with Crippen LogP contribution in [0.15, 0.2) is 24.5 Å². The molecule has 0 spiro atoms. The lowest BCUT2D eigenvalue weighted by molar-refractivity contribution is 0.667. The zero-order valence-corrected chi connectivity index (χ0v) is 12.7. The Hall–Kier alpha value is -1.00. The molecule has 0 atom stereocenters. The van der Waals surface area contributed by atoms with Crippen LogP contribution in [0.1, 0.15) is 25.3 Å². The second-order valence-corrected chi connectivity index (χ2v) is 5.73. The molecule has 0 unspecified atom stereocenters. The van der Waals surface area contributed by atoms with Crippen molar-refractivity contribution in [2.45, 2.75) is 32.9 Å². The van der Waals surface area contributed by atoms with Gasteiger partial charge >= 0.3 is 0 Å². The highest BCUT2D eigenvalue weighted by Gasteiger charge is 2.08. The van der Waals surface area contributed by atoms with Crippen molar-refractivity contribution in [1.29, 1.82) is 0 Å². The monoisotopic (exact) mass is 277 g/mol. The molecule has 2 rings (SSSR count). The molecule has 0 saturated heterocycles. The van der Waals surface area contributed by atoms with E-state index in [-0.39, 0.29) is 0 Å². The zero-order valence-electron chi connectivity index (χ0n) is 11.9. The maximum atomic E-state index is 4.54. The summed E-state index contributed by atoms with van der Waals surface area (Å²) in [5, 5.41) is 4.77. The number of pyridine rings is 1. The van der Waals surface area contributed by atoms with Gasteiger partial charge in [0.05, 0.1) is 0 Å². The predicted octanol–water partition coefficient (Wildman–Crippen LogP) is 3.29. The van der Waals surface area contributed by atoms with E-state index < -0.39 is 0 Å². The third kappa shape index (κ3) is 3.74. The lowest BCUT2D eigenvalue weighted by Crippen LogP contribution is -2.13. The Bertz CT molecular complexity index is 463. The van der Waals surface area contributed by atoms with Crippen LogP contribution in [0.25, 0.3) is 11.0 Å². The van der Waals surface area contributed by atoms with Crippen LogP contribution in [0.4, 0.5) is 0 Å². The third-order valence-corrected chi connectivity index (χ3v) is 3.90. The van der Waals surface area contributed by atoms with E-state index in [4.69, 9.17) is 0 Å². The number of hydrogen-bond donors (Lipinski definition) is 1. The van der Waals surface area contributed by atoms with Gasteiger partial charge in [-0.25, -0.2) is 4.98 Å². The van der Waals surface area contributed by atoms with Gasteiger partial charge in [0.15, 0.2) is 0 Å². The first kappa shape index (κ1) is 14.4. The van der Waals surface area contributed by atoms with Gasteiger partial charge in [0.25, 0.3) is 0 Å². The molecule has 0 aliphatic rings. The molecule has 2 aromatic heterocycles. The number of aromatic nitrogens is 2. The van der Waals surface area contributed by atoms with E-state index in [1.54, 1.807) is 0 Å². The van der Waals surface area contributed by atoms with Crippen molar-refractivity contribution in [3.8, 4) is 0 Å². The molecule has 0 amide bonds. The van der Waals surface area contributed by atoms with Crippen LogP contribution < -0.4 is 5.32 Å². The summed E-state index contributed by atoms with van der Waals surface area (Å²) in [6.45, 7) is 5.26. The third-order valence-electron chi connectivity index (χ3n) is 3.21. The molecular formula is C15H23N3S. The lowest BCUT2D eigenvalue weighted by atomic mass is 10.2. The maximum absolute atomic E-state index is 4.54. The largest absolute Gasteiger partial charge is 0.332 e. The second-order valence-electron chi connectivity index (χ2n) is 4.75. The van der Waals surface area contributed by atoms with Crippen molar-refractivity contribution in [3.63, 3.8) is 0 Å². The van der Waals surface area contributed by atoms with E-state index >= 15 is 0 Å². The van der Waals surface area contributed by atoms with Crippen LogP contribution in [0.2, 0.25) is 0 Å². The first-order valence-corrected chi connectivity index (χ1v) is 8.38. The van der Waals surface area contributed by atoms with E-state index in [0.717, 1.165) is 25.3 Å². The van der Waals surface area contributed by atoms with Gasteiger partial charge in [0.2, 0.25) is 0 Å². The Balaban J connectivity index is 2.16. The molecule has 0 bridgehead atoms. The average Bonchev–Trinajstić information content (AvgIpc) is 2.79. The fraction of sp³-hybridized carbons (Fsp3) is 0.533. The Morgan fingerprint density at radius 1 is 1.42 bits per heavy atom. The van der Waals surface area contributed by atoms with Gasteiger partial charge in [-0.3, -0.25) is 0 Å². The summed E-state index contributed by atoms with van der Waals surface area (Å²) in [4.78, 5) is 4.54. The van der Waals surface area contributed by atoms with Gasteiger partial charge in [-0.05, 0) is 49.1 Å². The summed E-state index contributed by atoms with van der Waals surface area (Å²) >= 11 is 1.90. The van der Waals surface area contributed by atoms with E-state index in [1.807, 2.05) is 24.0 Å². The first-order valence-electron chi connectivity index (χ1n) is 6.99. The first-order chi connectivity index (χ1) is 9.36. The highest BCUT2D eigenvalue weighted by Crippen LogP contribution is 2.19. The second kappa shape index (κ2) is 7.56. The van der Waals surface area contributed by atoms with Crippen LogP contribution in [0, 0.1) is 0 Å². The number of nitrogens with zero attached hydrogens (tertiary/aromatic N) is 2. The van der Waals surface area contributed by atoms with Crippen LogP contribution in [0.3, 0.4) is 0 Å². The Kier molecular flexibility index (Phi) is 5.73. The minimum Gasteiger partial charge on any atom is -0.332 e. The molecule has 1 N–H and O–H groups in total. The molecule has 104 valence electrons. The summed E-state index contributed by atoms with van der Waals surface area (Å²) in [6, 6.07) is 4.20. The molecule has 19 heavy (non-hydrogen) atoms. The Labute approximate surface area is 119 Å². The molecular weight excluding hydrogens is 254 g/mol. The highest BCUT2D eigenvalue weighted by atomic mass is 32.2. The fourth-order valence-corrected chi connectivity index (χ4v) is 2.70. The molecule has 2 heterocycles. The summed E-state index contributed by atoms with van der Waals surface area (Å²) in [7, 11) is 0. The highest BCUT2D eigenvalue weighted by molar-refractivity contribution is 7.98. The van der Waals surface area contributed by atoms with Crippen LogP contribution in [0.5, 0.6) is 0 Å². The minimum atomic E-state index is 0.936. The maximum Gasteiger partial charge on any atom is 0.140 e. The Morgan fingerprint density at radius 2 is 2.32 bits per heavy atom. The number of thioether (sulfide) groups is 1. The van der Waals surface area contributed by atoms with Crippen molar-refractivity contribution >= 4 is 22.8 Å². The van der Waals surface area contributed by atoms with Gasteiger partial charge in [-0.1, -0.05) is 6.92 Å². The van der Waals surface area contributed by atoms with Gasteiger partial charge in [0.1, 0.15) is 5.65 Å². The lowest BCUT2D eigenvalue weighted by Gasteiger charge is -2.02. The van der Waals surface area contributed by atoms with Gasteiger partial charge < -0.3 is 9.88 Å². The van der Waals surface area contributed by atoms with Gasteiger partial charge in [0, 0.05) is 30.9 Å². The number of fused-ring (bicyclic) bond motifs is 1. The standard InChI is InChI=1S/C15H23N3S/c1-3-7-16-11-13-12-18(9-5-10-19-2)15-14(13)6-4-8-17-15/h4,6,8,12,16H,3,5,7,9-11H2,1-2H3. The van der Waals surface area contributed by atoms with Crippen LogP contribution in [-0.4, -0.2) is 28.1 Å². The van der Waals surface area contributed by atoms with Crippen LogP contribution in [-0.2, 0) is 13.1 Å². The normalized spacial score (nSPS) is 11.3. The smallest absolute Gasteiger partial charge is 0.140 e. The molecule has 2 aromatic rings. The predicted molar refractivity (Wildman–Crippen MR) is 84.7 cm³/mol. The molecule has 3 nitrogen and oxygen atoms in total. The van der Waals surface area contributed by atoms with E-state index in [9.17, 15) is 0 Å². The zero-order chi connectivity index (χ0) is 13.5. The topological polar surface area (TPSA) is 29.9 Å². The molecule has 0 saturated carbocycles. The van der Waals surface area contributed by atoms with E-state index in [2.05, 4.69) is 40.3 Å². The molecule has 0 radical (unpaired) electrons. The van der Waals surface area contributed by atoms with E-state index in [1.165, 1.54) is 29.5 Å². The minimum absolute atomic E-state index is 0.936. The number of hydrogen-bond acceptors (Lipinski definition) is 3. The number of nitrogens with one attached hydrogen (secondary N) is 1. The Morgan fingerprint density at radius 3 is 3.11 bits per heavy atom. The summed E-state index contributed by atoms with van der Waals surface area (Å²) in [5.74, 6) is 1.20. The van der Waals surface area contributed by atoms with Crippen molar-refractivity contribution in [2.75, 3.05) is 18.6 Å². The SMILES string of the molecule is CCCNCc1cn(CCCSC)c2ncccc12. The number of aryl methyl sites for hydroxylation is 1. The molecule has 0 aliphatic heterocycles. The molecule has 0 aromatic carbocycles. The van der Waals surface area contributed by atoms with Gasteiger partial charge in [-0.2, -0.15) is 11.8 Å². The van der Waals surface area contributed by atoms with Crippen molar-refractivity contribution in [2.24, 2.45) is 0 Å². The fourth-order valence-electron chi connectivity index (χ4n) is 2.29. The molecule has 0 fully saturated rings. The summed E-state index contributed by atoms with van der Waals surface area (Å²) in [5.41, 5.74) is 2.48. The van der Waals surface area contributed by atoms with Crippen molar-refractivity contribution < 1.29 is 0 Å². The van der Waals surface area contributed by atoms with Crippen LogP contribution >= 0.6 is 11.8 Å². The van der Waals surface area contributed by atoms with Crippen molar-refractivity contribution in [1.82, 2.24) is 14.9 Å². The number of rotatable bonds is 8.